The Balaban J connectivity index is 1.94. The van der Waals surface area contributed by atoms with Gasteiger partial charge in [-0.3, -0.25) is 5.10 Å². The summed E-state index contributed by atoms with van der Waals surface area (Å²) in [4.78, 5) is 0. The third-order valence-corrected chi connectivity index (χ3v) is 4.04. The minimum atomic E-state index is -3.36. The van der Waals surface area contributed by atoms with Crippen LogP contribution in [0.25, 0.3) is 0 Å². The fourth-order valence-corrected chi connectivity index (χ4v) is 1.95. The van der Waals surface area contributed by atoms with Crippen LogP contribution in [0, 0.1) is 0 Å². The highest BCUT2D eigenvalue weighted by atomic mass is 32.2. The summed E-state index contributed by atoms with van der Waals surface area (Å²) in [5, 5.41) is 6.99. The van der Waals surface area contributed by atoms with E-state index < -0.39 is 10.2 Å². The average molecular weight is 244 g/mol. The van der Waals surface area contributed by atoms with E-state index >= 15 is 0 Å². The zero-order chi connectivity index (χ0) is 11.8. The third kappa shape index (κ3) is 2.60. The molecule has 1 fully saturated rings. The quantitative estimate of drug-likeness (QED) is 0.775. The minimum Gasteiger partial charge on any atom is -0.281 e. The van der Waals surface area contributed by atoms with Crippen LogP contribution in [-0.2, 0) is 16.8 Å². The minimum absolute atomic E-state index is 0.250. The summed E-state index contributed by atoms with van der Waals surface area (Å²) in [6, 6.07) is 1.93. The molecule has 1 aliphatic rings. The van der Waals surface area contributed by atoms with Crippen LogP contribution in [0.3, 0.4) is 0 Å². The van der Waals surface area contributed by atoms with Crippen molar-refractivity contribution >= 4 is 10.2 Å². The van der Waals surface area contributed by atoms with E-state index in [1.165, 1.54) is 26.9 Å². The molecule has 0 aliphatic heterocycles. The first-order chi connectivity index (χ1) is 7.49. The molecule has 0 bridgehead atoms. The van der Waals surface area contributed by atoms with Crippen LogP contribution >= 0.6 is 0 Å². The van der Waals surface area contributed by atoms with E-state index in [2.05, 4.69) is 14.9 Å². The van der Waals surface area contributed by atoms with E-state index in [1.807, 2.05) is 6.07 Å². The summed E-state index contributed by atoms with van der Waals surface area (Å²) in [7, 11) is -0.374. The lowest BCUT2D eigenvalue weighted by atomic mass is 10.3. The van der Waals surface area contributed by atoms with Crippen molar-refractivity contribution < 1.29 is 8.42 Å². The van der Waals surface area contributed by atoms with Gasteiger partial charge in [-0.25, -0.2) is 0 Å². The number of aromatic nitrogens is 2. The third-order valence-electron chi connectivity index (χ3n) is 2.57. The average Bonchev–Trinajstić information content (AvgIpc) is 2.95. The zero-order valence-electron chi connectivity index (χ0n) is 9.40. The van der Waals surface area contributed by atoms with Gasteiger partial charge in [-0.05, 0) is 18.9 Å². The molecule has 1 aromatic heterocycles. The van der Waals surface area contributed by atoms with Crippen molar-refractivity contribution in [2.24, 2.45) is 0 Å². The lowest BCUT2D eigenvalue weighted by molar-refractivity contribution is 0.504. The highest BCUT2D eigenvalue weighted by Gasteiger charge is 2.26. The van der Waals surface area contributed by atoms with E-state index in [4.69, 9.17) is 0 Å². The van der Waals surface area contributed by atoms with E-state index in [-0.39, 0.29) is 6.54 Å². The standard InChI is InChI=1S/C9H16N4O2S/c1-13(2)16(14,15)10-6-8-5-9(12-11-8)7-3-4-7/h5,7,10H,3-4,6H2,1-2H3,(H,11,12). The molecule has 0 unspecified atom stereocenters. The van der Waals surface area contributed by atoms with Gasteiger partial charge in [0, 0.05) is 20.0 Å². The molecule has 0 aromatic carbocycles. The predicted octanol–water partition coefficient (Wildman–Crippen LogP) is 0.183. The van der Waals surface area contributed by atoms with Gasteiger partial charge in [-0.1, -0.05) is 0 Å². The molecule has 0 spiro atoms. The van der Waals surface area contributed by atoms with Gasteiger partial charge in [0.05, 0.1) is 17.9 Å². The van der Waals surface area contributed by atoms with E-state index in [1.54, 1.807) is 0 Å². The molecule has 1 aliphatic carbocycles. The van der Waals surface area contributed by atoms with Gasteiger partial charge in [0.15, 0.2) is 0 Å². The van der Waals surface area contributed by atoms with Crippen molar-refractivity contribution in [1.29, 1.82) is 0 Å². The number of hydrogen-bond acceptors (Lipinski definition) is 3. The number of hydrogen-bond donors (Lipinski definition) is 2. The van der Waals surface area contributed by atoms with Crippen molar-refractivity contribution in [3.8, 4) is 0 Å². The lowest BCUT2D eigenvalue weighted by Crippen LogP contribution is -2.35. The molecule has 6 nitrogen and oxygen atoms in total. The molecule has 1 aromatic rings. The smallest absolute Gasteiger partial charge is 0.279 e. The lowest BCUT2D eigenvalue weighted by Gasteiger charge is -2.11. The molecule has 0 saturated heterocycles. The molecular weight excluding hydrogens is 228 g/mol. The maximum absolute atomic E-state index is 11.4. The Morgan fingerprint density at radius 3 is 2.81 bits per heavy atom. The first kappa shape index (κ1) is 11.6. The Morgan fingerprint density at radius 2 is 2.25 bits per heavy atom. The normalized spacial score (nSPS) is 16.9. The van der Waals surface area contributed by atoms with Crippen molar-refractivity contribution in [3.63, 3.8) is 0 Å². The van der Waals surface area contributed by atoms with Crippen molar-refractivity contribution in [3.05, 3.63) is 17.5 Å². The maximum atomic E-state index is 11.4. The van der Waals surface area contributed by atoms with Gasteiger partial charge in [-0.15, -0.1) is 0 Å². The molecule has 0 radical (unpaired) electrons. The number of rotatable bonds is 5. The highest BCUT2D eigenvalue weighted by molar-refractivity contribution is 7.87. The molecule has 0 atom stereocenters. The monoisotopic (exact) mass is 244 g/mol. The van der Waals surface area contributed by atoms with Crippen molar-refractivity contribution in [2.45, 2.75) is 25.3 Å². The highest BCUT2D eigenvalue weighted by Crippen LogP contribution is 2.38. The summed E-state index contributed by atoms with van der Waals surface area (Å²) in [6.45, 7) is 0.250. The van der Waals surface area contributed by atoms with Crippen LogP contribution in [0.15, 0.2) is 6.07 Å². The summed E-state index contributed by atoms with van der Waals surface area (Å²) < 4.78 is 26.5. The van der Waals surface area contributed by atoms with E-state index in [0.717, 1.165) is 15.7 Å². The van der Waals surface area contributed by atoms with Crippen molar-refractivity contribution in [1.82, 2.24) is 19.2 Å². The van der Waals surface area contributed by atoms with Gasteiger partial charge >= 0.3 is 0 Å². The molecule has 1 heterocycles. The van der Waals surface area contributed by atoms with Gasteiger partial charge in [-0.2, -0.15) is 22.5 Å². The molecule has 2 rings (SSSR count). The van der Waals surface area contributed by atoms with Crippen LogP contribution in [0.2, 0.25) is 0 Å². The predicted molar refractivity (Wildman–Crippen MR) is 60.0 cm³/mol. The SMILES string of the molecule is CN(C)S(=O)(=O)NCc1cc(C2CC2)n[nH]1. The second-order valence-corrected chi connectivity index (χ2v) is 6.17. The first-order valence-electron chi connectivity index (χ1n) is 5.20. The van der Waals surface area contributed by atoms with Gasteiger partial charge in [0.25, 0.3) is 10.2 Å². The Kier molecular flexibility index (Phi) is 3.00. The molecular formula is C9H16N4O2S. The first-order valence-corrected chi connectivity index (χ1v) is 6.64. The second-order valence-electron chi connectivity index (χ2n) is 4.20. The number of aromatic amines is 1. The fourth-order valence-electron chi connectivity index (χ4n) is 1.36. The molecule has 1 saturated carbocycles. The fraction of sp³-hybridized carbons (Fsp3) is 0.667. The molecule has 16 heavy (non-hydrogen) atoms. The summed E-state index contributed by atoms with van der Waals surface area (Å²) >= 11 is 0. The van der Waals surface area contributed by atoms with Gasteiger partial charge in [0.1, 0.15) is 0 Å². The Hall–Kier alpha value is -0.920. The number of nitrogens with one attached hydrogen (secondary N) is 2. The van der Waals surface area contributed by atoms with Gasteiger partial charge in [0.2, 0.25) is 0 Å². The van der Waals surface area contributed by atoms with Crippen LogP contribution in [0.1, 0.15) is 30.1 Å². The molecule has 7 heteroatoms. The van der Waals surface area contributed by atoms with Crippen LogP contribution < -0.4 is 4.72 Å². The molecule has 2 N–H and O–H groups in total. The Morgan fingerprint density at radius 1 is 1.56 bits per heavy atom. The molecule has 0 amide bonds. The second kappa shape index (κ2) is 4.15. The zero-order valence-corrected chi connectivity index (χ0v) is 10.2. The summed E-state index contributed by atoms with van der Waals surface area (Å²) in [5.74, 6) is 0.579. The van der Waals surface area contributed by atoms with Crippen LogP contribution in [0.4, 0.5) is 0 Å². The Labute approximate surface area is 95.2 Å². The Bertz CT molecular complexity index is 462. The topological polar surface area (TPSA) is 78.1 Å². The molecule has 90 valence electrons. The van der Waals surface area contributed by atoms with Crippen LogP contribution in [-0.4, -0.2) is 37.0 Å². The van der Waals surface area contributed by atoms with Crippen molar-refractivity contribution in [2.75, 3.05) is 14.1 Å². The van der Waals surface area contributed by atoms with Gasteiger partial charge < -0.3 is 0 Å². The summed E-state index contributed by atoms with van der Waals surface area (Å²) in [6.07, 6.45) is 2.38. The summed E-state index contributed by atoms with van der Waals surface area (Å²) in [5.41, 5.74) is 1.84. The number of H-pyrrole nitrogens is 1. The van der Waals surface area contributed by atoms with E-state index in [0.29, 0.717) is 5.92 Å². The van der Waals surface area contributed by atoms with E-state index in [9.17, 15) is 8.42 Å². The largest absolute Gasteiger partial charge is 0.281 e. The van der Waals surface area contributed by atoms with Crippen LogP contribution in [0.5, 0.6) is 0 Å². The number of nitrogens with zero attached hydrogens (tertiary/aromatic N) is 2. The maximum Gasteiger partial charge on any atom is 0.279 e.